The van der Waals surface area contributed by atoms with Crippen molar-refractivity contribution in [2.45, 2.75) is 20.4 Å². The Hall–Kier alpha value is -3.61. The molecule has 0 fully saturated rings. The van der Waals surface area contributed by atoms with Gasteiger partial charge in [-0.2, -0.15) is 5.10 Å². The Balaban J connectivity index is 1.67. The molecule has 0 saturated heterocycles. The van der Waals surface area contributed by atoms with Gasteiger partial charge in [0.15, 0.2) is 5.65 Å². The summed E-state index contributed by atoms with van der Waals surface area (Å²) in [5.74, 6) is -2.02. The Bertz CT molecular complexity index is 1230. The highest BCUT2D eigenvalue weighted by atomic mass is 19.1. The van der Waals surface area contributed by atoms with Gasteiger partial charge < -0.3 is 5.32 Å². The van der Waals surface area contributed by atoms with E-state index in [9.17, 15) is 13.6 Å². The van der Waals surface area contributed by atoms with Gasteiger partial charge in [-0.3, -0.25) is 4.79 Å². The van der Waals surface area contributed by atoms with Crippen molar-refractivity contribution in [1.82, 2.24) is 14.8 Å². The molecule has 2 aromatic carbocycles. The molecule has 0 spiro atoms. The Morgan fingerprint density at radius 3 is 2.69 bits per heavy atom. The highest BCUT2D eigenvalue weighted by Crippen LogP contribution is 2.30. The van der Waals surface area contributed by atoms with E-state index >= 15 is 0 Å². The van der Waals surface area contributed by atoms with Crippen LogP contribution < -0.4 is 5.32 Å². The molecule has 2 aromatic heterocycles. The molecule has 0 bridgehead atoms. The summed E-state index contributed by atoms with van der Waals surface area (Å²) in [7, 11) is 0. The van der Waals surface area contributed by atoms with E-state index in [1.54, 1.807) is 6.20 Å². The summed E-state index contributed by atoms with van der Waals surface area (Å²) in [6.45, 7) is 3.74. The Labute approximate surface area is 166 Å². The van der Waals surface area contributed by atoms with Crippen molar-refractivity contribution in [3.8, 4) is 11.1 Å². The van der Waals surface area contributed by atoms with Gasteiger partial charge in [0, 0.05) is 17.6 Å². The number of hydrogen-bond acceptors (Lipinski definition) is 3. The maximum Gasteiger partial charge on any atom is 0.246 e. The van der Waals surface area contributed by atoms with Crippen LogP contribution in [0.15, 0.2) is 54.7 Å². The number of rotatable bonds is 4. The molecule has 0 aliphatic heterocycles. The largest absolute Gasteiger partial charge is 0.322 e. The fourth-order valence-electron chi connectivity index (χ4n) is 3.36. The second kappa shape index (κ2) is 7.43. The Kier molecular flexibility index (Phi) is 4.80. The van der Waals surface area contributed by atoms with Crippen LogP contribution in [0.3, 0.4) is 0 Å². The Morgan fingerprint density at radius 1 is 1.10 bits per heavy atom. The molecular formula is C22H18F2N4O. The van der Waals surface area contributed by atoms with E-state index in [0.717, 1.165) is 39.9 Å². The van der Waals surface area contributed by atoms with Crippen LogP contribution in [0, 0.1) is 25.5 Å². The normalized spacial score (nSPS) is 11.0. The predicted molar refractivity (Wildman–Crippen MR) is 107 cm³/mol. The first-order valence-corrected chi connectivity index (χ1v) is 9.06. The van der Waals surface area contributed by atoms with E-state index in [2.05, 4.69) is 21.5 Å². The molecule has 0 aliphatic carbocycles. The first kappa shape index (κ1) is 18.7. The first-order valence-electron chi connectivity index (χ1n) is 9.06. The summed E-state index contributed by atoms with van der Waals surface area (Å²) in [5, 5.41) is 7.76. The van der Waals surface area contributed by atoms with Gasteiger partial charge in [-0.1, -0.05) is 29.8 Å². The number of nitrogens with zero attached hydrogens (tertiary/aromatic N) is 3. The Morgan fingerprint density at radius 2 is 1.93 bits per heavy atom. The standard InChI is InChI=1S/C22H18F2N4O/c1-13-4-3-5-15(10-13)17-8-9-25-22-21(17)14(2)27-28(22)12-20(29)26-19-7-6-16(23)11-18(19)24/h3-11H,12H2,1-2H3,(H,26,29). The summed E-state index contributed by atoms with van der Waals surface area (Å²) < 4.78 is 28.3. The number of aryl methyl sites for hydroxylation is 2. The lowest BCUT2D eigenvalue weighted by Crippen LogP contribution is -2.20. The van der Waals surface area contributed by atoms with Gasteiger partial charge in [0.1, 0.15) is 18.2 Å². The third-order valence-electron chi connectivity index (χ3n) is 4.64. The summed E-state index contributed by atoms with van der Waals surface area (Å²) in [6.07, 6.45) is 1.68. The molecular weight excluding hydrogens is 374 g/mol. The predicted octanol–water partition coefficient (Wildman–Crippen LogP) is 4.63. The zero-order chi connectivity index (χ0) is 20.5. The van der Waals surface area contributed by atoms with Crippen LogP contribution in [-0.2, 0) is 11.3 Å². The number of halogens is 2. The number of nitrogens with one attached hydrogen (secondary N) is 1. The van der Waals surface area contributed by atoms with Crippen LogP contribution in [0.2, 0.25) is 0 Å². The summed E-state index contributed by atoms with van der Waals surface area (Å²) in [4.78, 5) is 16.8. The maximum atomic E-state index is 13.8. The van der Waals surface area contributed by atoms with Gasteiger partial charge in [0.05, 0.1) is 11.4 Å². The number of pyridine rings is 1. The highest BCUT2D eigenvalue weighted by molar-refractivity contribution is 5.96. The molecule has 4 rings (SSSR count). The molecule has 0 aliphatic rings. The number of hydrogen-bond donors (Lipinski definition) is 1. The number of carbonyl (C=O) groups excluding carboxylic acids is 1. The van der Waals surface area contributed by atoms with Crippen molar-refractivity contribution >= 4 is 22.6 Å². The quantitative estimate of drug-likeness (QED) is 0.551. The molecule has 0 saturated carbocycles. The van der Waals surface area contributed by atoms with Gasteiger partial charge in [-0.05, 0) is 43.2 Å². The van der Waals surface area contributed by atoms with Crippen molar-refractivity contribution in [3.05, 3.63) is 77.6 Å². The van der Waals surface area contributed by atoms with Gasteiger partial charge in [-0.25, -0.2) is 18.4 Å². The number of benzene rings is 2. The van der Waals surface area contributed by atoms with Gasteiger partial charge in [0.2, 0.25) is 5.91 Å². The van der Waals surface area contributed by atoms with Crippen molar-refractivity contribution in [2.24, 2.45) is 0 Å². The van der Waals surface area contributed by atoms with Crippen molar-refractivity contribution in [1.29, 1.82) is 0 Å². The molecule has 1 N–H and O–H groups in total. The smallest absolute Gasteiger partial charge is 0.246 e. The summed E-state index contributed by atoms with van der Waals surface area (Å²) in [6, 6.07) is 13.0. The van der Waals surface area contributed by atoms with Gasteiger partial charge in [0.25, 0.3) is 0 Å². The number of anilines is 1. The maximum absolute atomic E-state index is 13.8. The van der Waals surface area contributed by atoms with Gasteiger partial charge >= 0.3 is 0 Å². The number of amides is 1. The minimum absolute atomic E-state index is 0.0852. The minimum Gasteiger partial charge on any atom is -0.322 e. The van der Waals surface area contributed by atoms with Crippen LogP contribution in [0.25, 0.3) is 22.2 Å². The van der Waals surface area contributed by atoms with Crippen LogP contribution in [0.5, 0.6) is 0 Å². The molecule has 1 amide bonds. The van der Waals surface area contributed by atoms with Gasteiger partial charge in [-0.15, -0.1) is 0 Å². The first-order chi connectivity index (χ1) is 13.9. The van der Waals surface area contributed by atoms with E-state index < -0.39 is 17.5 Å². The lowest BCUT2D eigenvalue weighted by Gasteiger charge is -2.08. The van der Waals surface area contributed by atoms with E-state index in [1.165, 1.54) is 10.7 Å². The lowest BCUT2D eigenvalue weighted by atomic mass is 10.0. The molecule has 146 valence electrons. The second-order valence-corrected chi connectivity index (χ2v) is 6.84. The van der Waals surface area contributed by atoms with E-state index in [4.69, 9.17) is 0 Å². The van der Waals surface area contributed by atoms with Crippen LogP contribution >= 0.6 is 0 Å². The monoisotopic (exact) mass is 392 g/mol. The fraction of sp³-hybridized carbons (Fsp3) is 0.136. The molecule has 0 unspecified atom stereocenters. The van der Waals surface area contributed by atoms with Crippen molar-refractivity contribution in [2.75, 3.05) is 5.32 Å². The van der Waals surface area contributed by atoms with Crippen molar-refractivity contribution in [3.63, 3.8) is 0 Å². The fourth-order valence-corrected chi connectivity index (χ4v) is 3.36. The summed E-state index contributed by atoms with van der Waals surface area (Å²) >= 11 is 0. The van der Waals surface area contributed by atoms with E-state index in [0.29, 0.717) is 5.65 Å². The topological polar surface area (TPSA) is 59.8 Å². The van der Waals surface area contributed by atoms with Crippen LogP contribution in [-0.4, -0.2) is 20.7 Å². The average Bonchev–Trinajstić information content (AvgIpc) is 3.00. The van der Waals surface area contributed by atoms with E-state index in [1.807, 2.05) is 38.1 Å². The molecule has 2 heterocycles. The minimum atomic E-state index is -0.834. The molecule has 29 heavy (non-hydrogen) atoms. The molecule has 0 radical (unpaired) electrons. The number of aromatic nitrogens is 3. The second-order valence-electron chi connectivity index (χ2n) is 6.84. The van der Waals surface area contributed by atoms with Crippen LogP contribution in [0.1, 0.15) is 11.3 Å². The molecule has 7 heteroatoms. The third-order valence-corrected chi connectivity index (χ3v) is 4.64. The summed E-state index contributed by atoms with van der Waals surface area (Å²) in [5.41, 5.74) is 4.38. The SMILES string of the molecule is Cc1cccc(-c2ccnc3c2c(C)nn3CC(=O)Nc2ccc(F)cc2F)c1. The number of fused-ring (bicyclic) bond motifs is 1. The highest BCUT2D eigenvalue weighted by Gasteiger charge is 2.16. The van der Waals surface area contributed by atoms with Crippen LogP contribution in [0.4, 0.5) is 14.5 Å². The zero-order valence-electron chi connectivity index (χ0n) is 15.9. The number of carbonyl (C=O) groups is 1. The third kappa shape index (κ3) is 3.71. The molecule has 4 aromatic rings. The lowest BCUT2D eigenvalue weighted by molar-refractivity contribution is -0.116. The van der Waals surface area contributed by atoms with E-state index in [-0.39, 0.29) is 12.2 Å². The average molecular weight is 392 g/mol. The molecule has 5 nitrogen and oxygen atoms in total. The van der Waals surface area contributed by atoms with Crippen molar-refractivity contribution < 1.29 is 13.6 Å². The molecule has 0 atom stereocenters. The zero-order valence-corrected chi connectivity index (χ0v) is 15.9.